The monoisotopic (exact) mass is 345 g/mol. The fourth-order valence-electron chi connectivity index (χ4n) is 3.06. The summed E-state index contributed by atoms with van der Waals surface area (Å²) in [6, 6.07) is 7.52. The quantitative estimate of drug-likeness (QED) is 0.896. The van der Waals surface area contributed by atoms with Gasteiger partial charge in [-0.15, -0.1) is 0 Å². The Morgan fingerprint density at radius 3 is 3.00 bits per heavy atom. The smallest absolute Gasteiger partial charge is 0.208 e. The zero-order valence-corrected chi connectivity index (χ0v) is 14.3. The van der Waals surface area contributed by atoms with Gasteiger partial charge in [0.2, 0.25) is 10.0 Å². The molecular formula is C16H19N5O2S. The average molecular weight is 345 g/mol. The Kier molecular flexibility index (Phi) is 4.64. The predicted molar refractivity (Wildman–Crippen MR) is 92.0 cm³/mol. The van der Waals surface area contributed by atoms with Gasteiger partial charge in [-0.1, -0.05) is 0 Å². The lowest BCUT2D eigenvalue weighted by molar-refractivity contribution is 0.410. The molecule has 8 heteroatoms. The van der Waals surface area contributed by atoms with E-state index in [0.717, 1.165) is 42.7 Å². The molecule has 0 aliphatic carbocycles. The third-order valence-electron chi connectivity index (χ3n) is 4.20. The molecule has 2 heterocycles. The second-order valence-corrected chi connectivity index (χ2v) is 7.95. The SMILES string of the molecule is CS(=O)(=O)NCC1CCCN(c2ncnc3ccc(C#N)cc23)C1. The molecular weight excluding hydrogens is 326 g/mol. The van der Waals surface area contributed by atoms with Crippen molar-refractivity contribution < 1.29 is 8.42 Å². The van der Waals surface area contributed by atoms with Crippen LogP contribution >= 0.6 is 0 Å². The van der Waals surface area contributed by atoms with Crippen molar-refractivity contribution in [3.63, 3.8) is 0 Å². The number of benzene rings is 1. The molecule has 126 valence electrons. The van der Waals surface area contributed by atoms with E-state index in [2.05, 4.69) is 25.7 Å². The minimum absolute atomic E-state index is 0.234. The van der Waals surface area contributed by atoms with Crippen molar-refractivity contribution in [1.29, 1.82) is 5.26 Å². The molecule has 1 aromatic carbocycles. The van der Waals surface area contributed by atoms with Gasteiger partial charge in [-0.05, 0) is 37.0 Å². The van der Waals surface area contributed by atoms with Crippen molar-refractivity contribution in [3.8, 4) is 6.07 Å². The van der Waals surface area contributed by atoms with E-state index in [0.29, 0.717) is 12.1 Å². The lowest BCUT2D eigenvalue weighted by Crippen LogP contribution is -2.41. The topological polar surface area (TPSA) is 99.0 Å². The number of hydrogen-bond donors (Lipinski definition) is 1. The maximum Gasteiger partial charge on any atom is 0.208 e. The molecule has 7 nitrogen and oxygen atoms in total. The van der Waals surface area contributed by atoms with Gasteiger partial charge >= 0.3 is 0 Å². The third kappa shape index (κ3) is 3.80. The van der Waals surface area contributed by atoms with E-state index < -0.39 is 10.0 Å². The summed E-state index contributed by atoms with van der Waals surface area (Å²) >= 11 is 0. The number of nitrogens with one attached hydrogen (secondary N) is 1. The summed E-state index contributed by atoms with van der Waals surface area (Å²) in [7, 11) is -3.18. The van der Waals surface area contributed by atoms with Crippen LogP contribution in [0.25, 0.3) is 10.9 Å². The molecule has 0 saturated carbocycles. The summed E-state index contributed by atoms with van der Waals surface area (Å²) in [6.45, 7) is 2.02. The highest BCUT2D eigenvalue weighted by molar-refractivity contribution is 7.88. The maximum absolute atomic E-state index is 11.3. The Balaban J connectivity index is 1.85. The zero-order valence-electron chi connectivity index (χ0n) is 13.4. The van der Waals surface area contributed by atoms with Crippen LogP contribution in [0.2, 0.25) is 0 Å². The number of rotatable bonds is 4. The van der Waals surface area contributed by atoms with Crippen LogP contribution < -0.4 is 9.62 Å². The van der Waals surface area contributed by atoms with E-state index in [1.54, 1.807) is 6.07 Å². The summed E-state index contributed by atoms with van der Waals surface area (Å²) in [5.41, 5.74) is 1.38. The number of piperidine rings is 1. The van der Waals surface area contributed by atoms with E-state index in [4.69, 9.17) is 5.26 Å². The van der Waals surface area contributed by atoms with Gasteiger partial charge in [0.25, 0.3) is 0 Å². The van der Waals surface area contributed by atoms with E-state index >= 15 is 0 Å². The van der Waals surface area contributed by atoms with Crippen molar-refractivity contribution in [3.05, 3.63) is 30.1 Å². The van der Waals surface area contributed by atoms with Crippen molar-refractivity contribution in [2.45, 2.75) is 12.8 Å². The Morgan fingerprint density at radius 1 is 1.42 bits per heavy atom. The van der Waals surface area contributed by atoms with Crippen molar-refractivity contribution in [2.24, 2.45) is 5.92 Å². The van der Waals surface area contributed by atoms with E-state index in [-0.39, 0.29) is 5.92 Å². The largest absolute Gasteiger partial charge is 0.356 e. The van der Waals surface area contributed by atoms with Gasteiger partial charge in [0, 0.05) is 25.0 Å². The molecule has 1 atom stereocenters. The number of fused-ring (bicyclic) bond motifs is 1. The van der Waals surface area contributed by atoms with E-state index in [1.165, 1.54) is 12.6 Å². The fourth-order valence-corrected chi connectivity index (χ4v) is 3.60. The van der Waals surface area contributed by atoms with Crippen LogP contribution in [0.5, 0.6) is 0 Å². The average Bonchev–Trinajstić information content (AvgIpc) is 2.58. The fraction of sp³-hybridized carbons (Fsp3) is 0.438. The van der Waals surface area contributed by atoms with Crippen LogP contribution in [0.4, 0.5) is 5.82 Å². The number of hydrogen-bond acceptors (Lipinski definition) is 6. The van der Waals surface area contributed by atoms with Crippen molar-refractivity contribution in [2.75, 3.05) is 30.8 Å². The predicted octanol–water partition coefficient (Wildman–Crippen LogP) is 1.27. The number of anilines is 1. The summed E-state index contributed by atoms with van der Waals surface area (Å²) in [4.78, 5) is 10.8. The molecule has 1 aliphatic rings. The maximum atomic E-state index is 11.3. The first-order valence-corrected chi connectivity index (χ1v) is 9.70. The first-order chi connectivity index (χ1) is 11.5. The zero-order chi connectivity index (χ0) is 17.2. The Bertz CT molecular complexity index is 891. The van der Waals surface area contributed by atoms with Crippen molar-refractivity contribution in [1.82, 2.24) is 14.7 Å². The van der Waals surface area contributed by atoms with Crippen molar-refractivity contribution >= 4 is 26.7 Å². The molecule has 0 bridgehead atoms. The second kappa shape index (κ2) is 6.71. The lowest BCUT2D eigenvalue weighted by atomic mass is 9.98. The molecule has 0 radical (unpaired) electrons. The molecule has 1 saturated heterocycles. The molecule has 1 unspecified atom stereocenters. The summed E-state index contributed by atoms with van der Waals surface area (Å²) < 4.78 is 25.2. The van der Waals surface area contributed by atoms with E-state index in [1.807, 2.05) is 12.1 Å². The minimum Gasteiger partial charge on any atom is -0.356 e. The Hall–Kier alpha value is -2.24. The molecule has 1 N–H and O–H groups in total. The lowest BCUT2D eigenvalue weighted by Gasteiger charge is -2.34. The second-order valence-electron chi connectivity index (χ2n) is 6.12. The summed E-state index contributed by atoms with van der Waals surface area (Å²) in [6.07, 6.45) is 4.65. The number of aromatic nitrogens is 2. The number of sulfonamides is 1. The first-order valence-electron chi connectivity index (χ1n) is 7.81. The Morgan fingerprint density at radius 2 is 2.25 bits per heavy atom. The molecule has 2 aromatic rings. The van der Waals surface area contributed by atoms with Gasteiger partial charge in [-0.3, -0.25) is 0 Å². The molecule has 3 rings (SSSR count). The number of nitrogens with zero attached hydrogens (tertiary/aromatic N) is 4. The normalized spacial score (nSPS) is 18.5. The Labute approximate surface area is 141 Å². The highest BCUT2D eigenvalue weighted by Crippen LogP contribution is 2.28. The van der Waals surface area contributed by atoms with Crippen LogP contribution in [0.15, 0.2) is 24.5 Å². The molecule has 0 amide bonds. The van der Waals surface area contributed by atoms with Gasteiger partial charge in [0.15, 0.2) is 0 Å². The van der Waals surface area contributed by atoms with Gasteiger partial charge in [0.1, 0.15) is 12.1 Å². The third-order valence-corrected chi connectivity index (χ3v) is 4.89. The molecule has 1 aromatic heterocycles. The van der Waals surface area contributed by atoms with Gasteiger partial charge in [-0.2, -0.15) is 5.26 Å². The van der Waals surface area contributed by atoms with Crippen LogP contribution in [0.3, 0.4) is 0 Å². The van der Waals surface area contributed by atoms with Crippen LogP contribution in [-0.2, 0) is 10.0 Å². The first kappa shape index (κ1) is 16.6. The molecule has 1 aliphatic heterocycles. The molecule has 1 fully saturated rings. The van der Waals surface area contributed by atoms with Gasteiger partial charge < -0.3 is 4.90 Å². The minimum atomic E-state index is -3.18. The highest BCUT2D eigenvalue weighted by Gasteiger charge is 2.23. The van der Waals surface area contributed by atoms with Crippen LogP contribution in [-0.4, -0.2) is 44.3 Å². The van der Waals surface area contributed by atoms with Crippen LogP contribution in [0.1, 0.15) is 18.4 Å². The van der Waals surface area contributed by atoms with Gasteiger partial charge in [0.05, 0.1) is 23.4 Å². The standard InChI is InChI=1S/C16H19N5O2S/c1-24(22,23)20-9-13-3-2-6-21(10-13)16-14-7-12(8-17)4-5-15(14)18-11-19-16/h4-5,7,11,13,20H,2-3,6,9-10H2,1H3. The van der Waals surface area contributed by atoms with E-state index in [9.17, 15) is 8.42 Å². The summed E-state index contributed by atoms with van der Waals surface area (Å²) in [5.74, 6) is 1.04. The molecule has 24 heavy (non-hydrogen) atoms. The molecule has 0 spiro atoms. The van der Waals surface area contributed by atoms with Crippen LogP contribution in [0, 0.1) is 17.2 Å². The summed E-state index contributed by atoms with van der Waals surface area (Å²) in [5, 5.41) is 9.97. The number of nitriles is 1. The highest BCUT2D eigenvalue weighted by atomic mass is 32.2. The van der Waals surface area contributed by atoms with Gasteiger partial charge in [-0.25, -0.2) is 23.1 Å².